The summed E-state index contributed by atoms with van der Waals surface area (Å²) in [5.74, 6) is 0.923. The molecule has 3 heterocycles. The number of fused-ring (bicyclic) bond motifs is 2. The van der Waals surface area contributed by atoms with E-state index in [1.807, 2.05) is 22.8 Å². The van der Waals surface area contributed by atoms with Crippen molar-refractivity contribution in [1.82, 2.24) is 9.55 Å². The fraction of sp³-hybridized carbons (Fsp3) is 0.333. The zero-order chi connectivity index (χ0) is 17.6. The quantitative estimate of drug-likeness (QED) is 0.658. The molecule has 0 radical (unpaired) electrons. The number of aromatic nitrogens is 2. The Morgan fingerprint density at radius 3 is 2.84 bits per heavy atom. The maximum absolute atomic E-state index is 12.9. The standard InChI is InChI=1S/C21H22N2OS/c1-14-10-16(25-12-14)6-4-15-5-7-17-18(11-15)22-19-8-9-21(2,3)13-23(19)20(17)24/h4-7,10-12H,8-9,13H2,1-3H3/b6-4+. The molecule has 0 bridgehead atoms. The van der Waals surface area contributed by atoms with Crippen LogP contribution in [0.2, 0.25) is 0 Å². The first kappa shape index (κ1) is 16.3. The number of aryl methyl sites for hydroxylation is 2. The van der Waals surface area contributed by atoms with Gasteiger partial charge in [0.25, 0.3) is 5.56 Å². The summed E-state index contributed by atoms with van der Waals surface area (Å²) in [7, 11) is 0. The lowest BCUT2D eigenvalue weighted by atomic mass is 9.85. The number of thiophene rings is 1. The van der Waals surface area contributed by atoms with Gasteiger partial charge in [-0.15, -0.1) is 11.3 Å². The smallest absolute Gasteiger partial charge is 0.261 e. The molecular formula is C21H22N2OS. The molecule has 1 aliphatic heterocycles. The summed E-state index contributed by atoms with van der Waals surface area (Å²) in [5, 5.41) is 2.86. The number of nitrogens with zero attached hydrogens (tertiary/aromatic N) is 2. The Bertz CT molecular complexity index is 1040. The normalized spacial score (nSPS) is 16.4. The van der Waals surface area contributed by atoms with E-state index in [9.17, 15) is 4.79 Å². The van der Waals surface area contributed by atoms with Gasteiger partial charge in [0.2, 0.25) is 0 Å². The number of hydrogen-bond donors (Lipinski definition) is 0. The van der Waals surface area contributed by atoms with Gasteiger partial charge in [-0.2, -0.15) is 0 Å². The van der Waals surface area contributed by atoms with E-state index >= 15 is 0 Å². The van der Waals surface area contributed by atoms with Crippen LogP contribution in [-0.4, -0.2) is 9.55 Å². The van der Waals surface area contributed by atoms with Crippen LogP contribution in [0.4, 0.5) is 0 Å². The van der Waals surface area contributed by atoms with Gasteiger partial charge >= 0.3 is 0 Å². The third-order valence-corrected chi connectivity index (χ3v) is 5.88. The highest BCUT2D eigenvalue weighted by atomic mass is 32.1. The fourth-order valence-corrected chi connectivity index (χ4v) is 4.21. The van der Waals surface area contributed by atoms with Gasteiger partial charge in [0.05, 0.1) is 10.9 Å². The highest BCUT2D eigenvalue weighted by molar-refractivity contribution is 7.11. The van der Waals surface area contributed by atoms with Crippen LogP contribution in [0, 0.1) is 12.3 Å². The molecule has 4 rings (SSSR count). The third-order valence-electron chi connectivity index (χ3n) is 4.86. The zero-order valence-electron chi connectivity index (χ0n) is 14.9. The summed E-state index contributed by atoms with van der Waals surface area (Å²) in [6.07, 6.45) is 6.15. The molecule has 1 aromatic carbocycles. The van der Waals surface area contributed by atoms with Crippen molar-refractivity contribution in [3.63, 3.8) is 0 Å². The first-order chi connectivity index (χ1) is 11.9. The van der Waals surface area contributed by atoms with Crippen molar-refractivity contribution in [2.45, 2.75) is 40.2 Å². The molecule has 0 saturated heterocycles. The van der Waals surface area contributed by atoms with Crippen molar-refractivity contribution in [3.8, 4) is 0 Å². The van der Waals surface area contributed by atoms with Crippen LogP contribution in [0.1, 0.15) is 42.1 Å². The van der Waals surface area contributed by atoms with Crippen molar-refractivity contribution < 1.29 is 0 Å². The van der Waals surface area contributed by atoms with E-state index in [1.165, 1.54) is 10.4 Å². The fourth-order valence-electron chi connectivity index (χ4n) is 3.42. The molecular weight excluding hydrogens is 328 g/mol. The number of rotatable bonds is 2. The molecule has 0 unspecified atom stereocenters. The second kappa shape index (κ2) is 5.95. The molecule has 3 nitrogen and oxygen atoms in total. The minimum absolute atomic E-state index is 0.0946. The maximum Gasteiger partial charge on any atom is 0.261 e. The van der Waals surface area contributed by atoms with Crippen LogP contribution in [0.3, 0.4) is 0 Å². The molecule has 0 fully saturated rings. The lowest BCUT2D eigenvalue weighted by molar-refractivity contribution is 0.240. The van der Waals surface area contributed by atoms with Gasteiger partial charge in [0, 0.05) is 17.8 Å². The third kappa shape index (κ3) is 3.19. The molecule has 3 aromatic rings. The van der Waals surface area contributed by atoms with E-state index in [-0.39, 0.29) is 11.0 Å². The summed E-state index contributed by atoms with van der Waals surface area (Å²) in [6, 6.07) is 8.11. The Morgan fingerprint density at radius 2 is 2.08 bits per heavy atom. The SMILES string of the molecule is Cc1csc(/C=C/c2ccc3c(=O)n4c(nc3c2)CCC(C)(C)C4)c1. The Labute approximate surface area is 151 Å². The molecule has 1 aliphatic rings. The predicted octanol–water partition coefficient (Wildman–Crippen LogP) is 4.91. The molecule has 0 saturated carbocycles. The maximum atomic E-state index is 12.9. The topological polar surface area (TPSA) is 34.9 Å². The average molecular weight is 350 g/mol. The van der Waals surface area contributed by atoms with E-state index < -0.39 is 0 Å². The zero-order valence-corrected chi connectivity index (χ0v) is 15.7. The lowest BCUT2D eigenvalue weighted by Gasteiger charge is -2.31. The molecule has 128 valence electrons. The van der Waals surface area contributed by atoms with Crippen LogP contribution in [0.5, 0.6) is 0 Å². The van der Waals surface area contributed by atoms with Crippen LogP contribution in [-0.2, 0) is 13.0 Å². The summed E-state index contributed by atoms with van der Waals surface area (Å²) in [5.41, 5.74) is 3.42. The van der Waals surface area contributed by atoms with Gasteiger partial charge in [-0.1, -0.05) is 26.0 Å². The molecule has 4 heteroatoms. The number of benzene rings is 1. The number of hydrogen-bond acceptors (Lipinski definition) is 3. The van der Waals surface area contributed by atoms with Gasteiger partial charge in [-0.05, 0) is 59.5 Å². The molecule has 0 amide bonds. The molecule has 0 spiro atoms. The van der Waals surface area contributed by atoms with E-state index in [2.05, 4.69) is 44.4 Å². The summed E-state index contributed by atoms with van der Waals surface area (Å²) in [4.78, 5) is 18.9. The molecule has 2 aromatic heterocycles. The Morgan fingerprint density at radius 1 is 1.24 bits per heavy atom. The van der Waals surface area contributed by atoms with Crippen molar-refractivity contribution in [3.05, 3.63) is 61.8 Å². The summed E-state index contributed by atoms with van der Waals surface area (Å²) < 4.78 is 1.87. The Kier molecular flexibility index (Phi) is 3.88. The predicted molar refractivity (Wildman–Crippen MR) is 106 cm³/mol. The molecule has 25 heavy (non-hydrogen) atoms. The lowest BCUT2D eigenvalue weighted by Crippen LogP contribution is -2.36. The van der Waals surface area contributed by atoms with Crippen LogP contribution >= 0.6 is 11.3 Å². The summed E-state index contributed by atoms with van der Waals surface area (Å²) >= 11 is 1.74. The van der Waals surface area contributed by atoms with Crippen molar-refractivity contribution in [1.29, 1.82) is 0 Å². The highest BCUT2D eigenvalue weighted by Gasteiger charge is 2.27. The van der Waals surface area contributed by atoms with Crippen molar-refractivity contribution >= 4 is 34.4 Å². The Hall–Kier alpha value is -2.20. The molecule has 0 N–H and O–H groups in total. The van der Waals surface area contributed by atoms with Crippen LogP contribution in [0.25, 0.3) is 23.1 Å². The Balaban J connectivity index is 1.74. The van der Waals surface area contributed by atoms with E-state index in [0.717, 1.165) is 36.3 Å². The van der Waals surface area contributed by atoms with E-state index in [4.69, 9.17) is 4.98 Å². The average Bonchev–Trinajstić information content (AvgIpc) is 2.99. The van der Waals surface area contributed by atoms with Crippen LogP contribution < -0.4 is 5.56 Å². The van der Waals surface area contributed by atoms with Crippen molar-refractivity contribution in [2.75, 3.05) is 0 Å². The first-order valence-electron chi connectivity index (χ1n) is 8.68. The van der Waals surface area contributed by atoms with Gasteiger partial charge in [-0.25, -0.2) is 4.98 Å². The largest absolute Gasteiger partial charge is 0.296 e. The van der Waals surface area contributed by atoms with E-state index in [0.29, 0.717) is 5.39 Å². The second-order valence-electron chi connectivity index (χ2n) is 7.72. The van der Waals surface area contributed by atoms with Gasteiger partial charge in [0.1, 0.15) is 5.82 Å². The minimum atomic E-state index is 0.0946. The second-order valence-corrected chi connectivity index (χ2v) is 8.66. The van der Waals surface area contributed by atoms with E-state index in [1.54, 1.807) is 11.3 Å². The molecule has 0 aliphatic carbocycles. The van der Waals surface area contributed by atoms with Gasteiger partial charge in [0.15, 0.2) is 0 Å². The van der Waals surface area contributed by atoms with Crippen molar-refractivity contribution in [2.24, 2.45) is 5.41 Å². The summed E-state index contributed by atoms with van der Waals surface area (Å²) in [6.45, 7) is 7.29. The first-order valence-corrected chi connectivity index (χ1v) is 9.56. The van der Waals surface area contributed by atoms with Gasteiger partial charge < -0.3 is 0 Å². The highest BCUT2D eigenvalue weighted by Crippen LogP contribution is 2.29. The molecule has 0 atom stereocenters. The van der Waals surface area contributed by atoms with Crippen LogP contribution in [0.15, 0.2) is 34.4 Å². The van der Waals surface area contributed by atoms with Gasteiger partial charge in [-0.3, -0.25) is 9.36 Å². The monoisotopic (exact) mass is 350 g/mol. The minimum Gasteiger partial charge on any atom is -0.296 e.